The molecule has 1 atom stereocenters. The van der Waals surface area contributed by atoms with Gasteiger partial charge in [-0.15, -0.1) is 0 Å². The van der Waals surface area contributed by atoms with Gasteiger partial charge >= 0.3 is 5.97 Å². The monoisotopic (exact) mass is 454 g/mol. The molecule has 0 bridgehead atoms. The highest BCUT2D eigenvalue weighted by molar-refractivity contribution is 6.77. The molecule has 29 heavy (non-hydrogen) atoms. The second-order valence-electron chi connectivity index (χ2n) is 6.58. The van der Waals surface area contributed by atoms with Crippen molar-refractivity contribution < 1.29 is 19.1 Å². The SMILES string of the molecule is COC(=O)C1=CN(C)C(CC(=O)c2cc3ccccc3[nH]2)C(C(=O)C(Cl)(Cl)Cl)=C1. The minimum Gasteiger partial charge on any atom is -0.465 e. The molecule has 1 aromatic carbocycles. The van der Waals surface area contributed by atoms with Crippen LogP contribution in [0.2, 0.25) is 0 Å². The van der Waals surface area contributed by atoms with Gasteiger partial charge in [0.25, 0.3) is 3.79 Å². The summed E-state index contributed by atoms with van der Waals surface area (Å²) in [4.78, 5) is 42.2. The summed E-state index contributed by atoms with van der Waals surface area (Å²) < 4.78 is 2.48. The minimum atomic E-state index is -2.23. The van der Waals surface area contributed by atoms with Gasteiger partial charge in [0.15, 0.2) is 5.78 Å². The number of ketones is 2. The number of benzene rings is 1. The zero-order chi connectivity index (χ0) is 21.3. The largest absolute Gasteiger partial charge is 0.465 e. The smallest absolute Gasteiger partial charge is 0.339 e. The van der Waals surface area contributed by atoms with Crippen molar-refractivity contribution in [2.24, 2.45) is 0 Å². The lowest BCUT2D eigenvalue weighted by Crippen LogP contribution is -2.40. The molecule has 0 aliphatic carbocycles. The van der Waals surface area contributed by atoms with Crippen LogP contribution in [0, 0.1) is 0 Å². The highest BCUT2D eigenvalue weighted by atomic mass is 35.6. The van der Waals surface area contributed by atoms with Gasteiger partial charge in [-0.25, -0.2) is 4.79 Å². The Balaban J connectivity index is 1.94. The van der Waals surface area contributed by atoms with Crippen molar-refractivity contribution in [3.63, 3.8) is 0 Å². The number of alkyl halides is 3. The van der Waals surface area contributed by atoms with E-state index in [4.69, 9.17) is 39.5 Å². The second kappa shape index (κ2) is 8.22. The number of Topliss-reactive ketones (excluding diaryl/α,β-unsaturated/α-hetero) is 2. The third-order valence-electron chi connectivity index (χ3n) is 4.65. The molecule has 0 amide bonds. The van der Waals surface area contributed by atoms with Gasteiger partial charge in [0.2, 0.25) is 5.78 Å². The Labute approximate surface area is 182 Å². The van der Waals surface area contributed by atoms with Crippen LogP contribution >= 0.6 is 34.8 Å². The average Bonchev–Trinajstić information content (AvgIpc) is 3.11. The molecule has 0 spiro atoms. The number of hydrogen-bond donors (Lipinski definition) is 1. The van der Waals surface area contributed by atoms with Crippen molar-refractivity contribution in [1.29, 1.82) is 0 Å². The molecule has 152 valence electrons. The zero-order valence-corrected chi connectivity index (χ0v) is 17.8. The predicted octanol–water partition coefficient (Wildman–Crippen LogP) is 3.98. The number of halogens is 3. The van der Waals surface area contributed by atoms with Gasteiger partial charge in [-0.2, -0.15) is 0 Å². The van der Waals surface area contributed by atoms with Crippen molar-refractivity contribution in [3.8, 4) is 0 Å². The van der Waals surface area contributed by atoms with Crippen LogP contribution in [-0.2, 0) is 14.3 Å². The average molecular weight is 456 g/mol. The number of likely N-dealkylation sites (N-methyl/N-ethyl adjacent to an activating group) is 1. The van der Waals surface area contributed by atoms with E-state index < -0.39 is 21.6 Å². The molecule has 0 saturated carbocycles. The quantitative estimate of drug-likeness (QED) is 0.419. The molecule has 1 N–H and O–H groups in total. The first-order chi connectivity index (χ1) is 13.6. The molecule has 9 heteroatoms. The lowest BCUT2D eigenvalue weighted by molar-refractivity contribution is -0.135. The Morgan fingerprint density at radius 1 is 1.21 bits per heavy atom. The number of methoxy groups -OCH3 is 1. The summed E-state index contributed by atoms with van der Waals surface area (Å²) in [5.41, 5.74) is 1.39. The third kappa shape index (κ3) is 4.50. The van der Waals surface area contributed by atoms with Crippen LogP contribution < -0.4 is 0 Å². The lowest BCUT2D eigenvalue weighted by atomic mass is 9.91. The number of carbonyl (C=O) groups excluding carboxylic acids is 3. The van der Waals surface area contributed by atoms with E-state index in [1.165, 1.54) is 19.4 Å². The van der Waals surface area contributed by atoms with Crippen molar-refractivity contribution in [1.82, 2.24) is 9.88 Å². The van der Waals surface area contributed by atoms with Crippen LogP contribution in [0.4, 0.5) is 0 Å². The first-order valence-corrected chi connectivity index (χ1v) is 9.71. The predicted molar refractivity (Wildman–Crippen MR) is 112 cm³/mol. The van der Waals surface area contributed by atoms with Gasteiger partial charge in [-0.1, -0.05) is 53.0 Å². The van der Waals surface area contributed by atoms with Crippen molar-refractivity contribution >= 4 is 63.2 Å². The highest BCUT2D eigenvalue weighted by Gasteiger charge is 2.40. The zero-order valence-electron chi connectivity index (χ0n) is 15.5. The van der Waals surface area contributed by atoms with E-state index in [-0.39, 0.29) is 23.4 Å². The first-order valence-electron chi connectivity index (χ1n) is 8.58. The van der Waals surface area contributed by atoms with E-state index in [0.29, 0.717) is 5.69 Å². The van der Waals surface area contributed by atoms with Gasteiger partial charge in [0.1, 0.15) is 0 Å². The maximum absolute atomic E-state index is 12.9. The summed E-state index contributed by atoms with van der Waals surface area (Å²) >= 11 is 17.4. The first kappa shape index (κ1) is 21.4. The highest BCUT2D eigenvalue weighted by Crippen LogP contribution is 2.35. The van der Waals surface area contributed by atoms with E-state index >= 15 is 0 Å². The van der Waals surface area contributed by atoms with Crippen molar-refractivity contribution in [2.75, 3.05) is 14.2 Å². The molecule has 0 fully saturated rings. The number of fused-ring (bicyclic) bond motifs is 1. The number of nitrogens with zero attached hydrogens (tertiary/aromatic N) is 1. The number of carbonyl (C=O) groups is 3. The molecule has 1 aliphatic heterocycles. The number of aromatic nitrogens is 1. The number of nitrogens with one attached hydrogen (secondary N) is 1. The Morgan fingerprint density at radius 2 is 1.90 bits per heavy atom. The Kier molecular flexibility index (Phi) is 6.08. The molecule has 3 rings (SSSR count). The number of para-hydroxylation sites is 1. The summed E-state index contributed by atoms with van der Waals surface area (Å²) in [6.45, 7) is 0. The number of hydrogen-bond acceptors (Lipinski definition) is 5. The van der Waals surface area contributed by atoms with Gasteiger partial charge in [0.05, 0.1) is 24.4 Å². The molecular weight excluding hydrogens is 439 g/mol. The van der Waals surface area contributed by atoms with E-state index in [1.54, 1.807) is 18.0 Å². The number of H-pyrrole nitrogens is 1. The molecule has 1 unspecified atom stereocenters. The molecule has 0 saturated heterocycles. The number of ether oxygens (including phenoxy) is 1. The van der Waals surface area contributed by atoms with Crippen LogP contribution in [-0.4, -0.2) is 51.4 Å². The molecule has 1 aliphatic rings. The van der Waals surface area contributed by atoms with E-state index in [1.807, 2.05) is 24.3 Å². The van der Waals surface area contributed by atoms with Crippen LogP contribution in [0.25, 0.3) is 10.9 Å². The van der Waals surface area contributed by atoms with Crippen LogP contribution in [0.1, 0.15) is 16.9 Å². The second-order valence-corrected chi connectivity index (χ2v) is 8.86. The van der Waals surface area contributed by atoms with Gasteiger partial charge in [-0.05, 0) is 18.2 Å². The van der Waals surface area contributed by atoms with E-state index in [0.717, 1.165) is 10.9 Å². The standard InChI is InChI=1S/C20H17Cl3N2O4/c1-25-10-12(19(28)29-2)7-13(18(27)20(21,22)23)16(25)9-17(26)15-8-11-5-3-4-6-14(11)24-15/h3-8,10,16,24H,9H2,1-2H3. The van der Waals surface area contributed by atoms with Crippen LogP contribution in [0.15, 0.2) is 53.8 Å². The van der Waals surface area contributed by atoms with Gasteiger partial charge < -0.3 is 14.6 Å². The maximum Gasteiger partial charge on any atom is 0.339 e. The summed E-state index contributed by atoms with van der Waals surface area (Å²) in [5.74, 6) is -1.68. The maximum atomic E-state index is 12.9. The Bertz CT molecular complexity index is 1020. The van der Waals surface area contributed by atoms with Crippen molar-refractivity contribution in [2.45, 2.75) is 16.3 Å². The molecular formula is C20H17Cl3N2O4. The Hall–Kier alpha value is -2.28. The fourth-order valence-corrected chi connectivity index (χ4v) is 3.53. The lowest BCUT2D eigenvalue weighted by Gasteiger charge is -2.33. The topological polar surface area (TPSA) is 79.5 Å². The summed E-state index contributed by atoms with van der Waals surface area (Å²) in [6.07, 6.45) is 2.73. The molecule has 0 radical (unpaired) electrons. The number of aromatic amines is 1. The normalized spacial score (nSPS) is 17.0. The van der Waals surface area contributed by atoms with E-state index in [9.17, 15) is 14.4 Å². The van der Waals surface area contributed by atoms with E-state index in [2.05, 4.69) is 4.98 Å². The van der Waals surface area contributed by atoms with Crippen LogP contribution in [0.5, 0.6) is 0 Å². The number of esters is 1. The summed E-state index contributed by atoms with van der Waals surface area (Å²) in [5, 5.41) is 0.897. The van der Waals surface area contributed by atoms with Crippen molar-refractivity contribution in [3.05, 3.63) is 59.4 Å². The molecule has 1 aromatic heterocycles. The van der Waals surface area contributed by atoms with Gasteiger partial charge in [0, 0.05) is 36.1 Å². The summed E-state index contributed by atoms with van der Waals surface area (Å²) in [7, 11) is 2.85. The molecule has 2 aromatic rings. The minimum absolute atomic E-state index is 0.0415. The molecule has 2 heterocycles. The molecule has 6 nitrogen and oxygen atoms in total. The van der Waals surface area contributed by atoms with Gasteiger partial charge in [-0.3, -0.25) is 9.59 Å². The summed E-state index contributed by atoms with van der Waals surface area (Å²) in [6, 6.07) is 8.52. The van der Waals surface area contributed by atoms with Crippen LogP contribution in [0.3, 0.4) is 0 Å². The Morgan fingerprint density at radius 3 is 2.52 bits per heavy atom. The number of rotatable bonds is 5. The third-order valence-corrected chi connectivity index (χ3v) is 5.17. The fraction of sp³-hybridized carbons (Fsp3) is 0.250. The fourth-order valence-electron chi connectivity index (χ4n) is 3.20.